The average Bonchev–Trinajstić information content (AvgIpc) is 2.99. The maximum atomic E-state index is 12.6. The molecular formula is C18H18N2O3S. The van der Waals surface area contributed by atoms with Gasteiger partial charge in [0.1, 0.15) is 23.0 Å². The molecule has 2 heterocycles. The number of hydrogen-bond acceptors (Lipinski definition) is 5. The number of nitrogens with one attached hydrogen (secondary N) is 1. The molecule has 0 saturated carbocycles. The summed E-state index contributed by atoms with van der Waals surface area (Å²) in [4.78, 5) is 22.3. The maximum Gasteiger partial charge on any atom is 0.260 e. The first-order chi connectivity index (χ1) is 11.8. The minimum absolute atomic E-state index is 0.0175. The topological polar surface area (TPSA) is 75.2 Å². The van der Waals surface area contributed by atoms with Gasteiger partial charge in [-0.1, -0.05) is 0 Å². The van der Waals surface area contributed by atoms with E-state index in [9.17, 15) is 4.79 Å². The number of aromatic nitrogens is 2. The quantitative estimate of drug-likeness (QED) is 0.764. The van der Waals surface area contributed by atoms with Crippen molar-refractivity contribution in [2.24, 2.45) is 0 Å². The fraction of sp³-hybridized carbons (Fsp3) is 0.333. The molecule has 0 amide bonds. The number of aryl methyl sites for hydroxylation is 2. The van der Waals surface area contributed by atoms with Crippen LogP contribution in [0.2, 0.25) is 0 Å². The molecule has 3 aromatic rings. The van der Waals surface area contributed by atoms with Crippen LogP contribution in [-0.4, -0.2) is 28.3 Å². The molecule has 5 nitrogen and oxygen atoms in total. The highest BCUT2D eigenvalue weighted by Crippen LogP contribution is 2.34. The number of aromatic amines is 1. The Bertz CT molecular complexity index is 928. The lowest BCUT2D eigenvalue weighted by Gasteiger charge is -2.09. The first kappa shape index (κ1) is 15.4. The van der Waals surface area contributed by atoms with E-state index < -0.39 is 0 Å². The van der Waals surface area contributed by atoms with Crippen LogP contribution in [0.3, 0.4) is 0 Å². The third kappa shape index (κ3) is 2.72. The van der Waals surface area contributed by atoms with Gasteiger partial charge < -0.3 is 14.8 Å². The van der Waals surface area contributed by atoms with Crippen molar-refractivity contribution in [1.82, 2.24) is 9.97 Å². The summed E-state index contributed by atoms with van der Waals surface area (Å²) in [6, 6.07) is 7.36. The van der Waals surface area contributed by atoms with Crippen LogP contribution in [0.1, 0.15) is 23.3 Å². The molecule has 2 aromatic heterocycles. The van der Waals surface area contributed by atoms with Crippen molar-refractivity contribution in [3.05, 3.63) is 45.1 Å². The number of benzene rings is 1. The molecule has 0 aliphatic heterocycles. The maximum absolute atomic E-state index is 12.6. The molecule has 124 valence electrons. The number of aliphatic hydroxyl groups is 1. The van der Waals surface area contributed by atoms with Crippen molar-refractivity contribution >= 4 is 21.6 Å². The summed E-state index contributed by atoms with van der Waals surface area (Å²) in [6.45, 7) is 0.247. The smallest absolute Gasteiger partial charge is 0.260 e. The first-order valence-corrected chi connectivity index (χ1v) is 8.96. The van der Waals surface area contributed by atoms with Gasteiger partial charge >= 0.3 is 0 Å². The lowest BCUT2D eigenvalue weighted by molar-refractivity contribution is 0.201. The molecule has 0 radical (unpaired) electrons. The third-order valence-electron chi connectivity index (χ3n) is 4.31. The molecule has 1 aromatic carbocycles. The summed E-state index contributed by atoms with van der Waals surface area (Å²) < 4.78 is 5.35. The van der Waals surface area contributed by atoms with Gasteiger partial charge in [0.25, 0.3) is 5.56 Å². The number of rotatable bonds is 4. The van der Waals surface area contributed by atoms with Gasteiger partial charge in [-0.15, -0.1) is 11.3 Å². The molecule has 0 spiro atoms. The van der Waals surface area contributed by atoms with Crippen molar-refractivity contribution in [3.8, 4) is 17.1 Å². The third-order valence-corrected chi connectivity index (χ3v) is 5.50. The minimum atomic E-state index is -0.0463. The summed E-state index contributed by atoms with van der Waals surface area (Å²) >= 11 is 1.65. The number of fused-ring (bicyclic) bond motifs is 3. The van der Waals surface area contributed by atoms with E-state index in [0.29, 0.717) is 11.6 Å². The summed E-state index contributed by atoms with van der Waals surface area (Å²) in [5.41, 5.74) is 2.00. The molecule has 1 aliphatic rings. The Hall–Kier alpha value is -2.18. The predicted octanol–water partition coefficient (Wildman–Crippen LogP) is 2.90. The molecule has 0 atom stereocenters. The van der Waals surface area contributed by atoms with Crippen molar-refractivity contribution in [2.45, 2.75) is 25.7 Å². The van der Waals surface area contributed by atoms with Crippen molar-refractivity contribution in [3.63, 3.8) is 0 Å². The van der Waals surface area contributed by atoms with Gasteiger partial charge in [0.2, 0.25) is 0 Å². The molecule has 0 saturated heterocycles. The van der Waals surface area contributed by atoms with E-state index in [0.717, 1.165) is 35.0 Å². The second-order valence-electron chi connectivity index (χ2n) is 5.90. The Labute approximate surface area is 143 Å². The second-order valence-corrected chi connectivity index (χ2v) is 6.99. The van der Waals surface area contributed by atoms with E-state index in [4.69, 9.17) is 9.84 Å². The van der Waals surface area contributed by atoms with Gasteiger partial charge in [0.05, 0.1) is 12.0 Å². The molecule has 1 aliphatic carbocycles. The molecule has 6 heteroatoms. The highest BCUT2D eigenvalue weighted by atomic mass is 32.1. The Morgan fingerprint density at radius 2 is 2.00 bits per heavy atom. The van der Waals surface area contributed by atoms with E-state index >= 15 is 0 Å². The molecule has 0 fully saturated rings. The van der Waals surface area contributed by atoms with Crippen molar-refractivity contribution < 1.29 is 9.84 Å². The largest absolute Gasteiger partial charge is 0.491 e. The van der Waals surface area contributed by atoms with E-state index in [1.165, 1.54) is 16.9 Å². The highest BCUT2D eigenvalue weighted by molar-refractivity contribution is 7.18. The van der Waals surface area contributed by atoms with Gasteiger partial charge in [0, 0.05) is 10.4 Å². The highest BCUT2D eigenvalue weighted by Gasteiger charge is 2.20. The van der Waals surface area contributed by atoms with Gasteiger partial charge in [-0.05, 0) is 55.5 Å². The van der Waals surface area contributed by atoms with Crippen LogP contribution in [0, 0.1) is 0 Å². The van der Waals surface area contributed by atoms with Gasteiger partial charge in [0.15, 0.2) is 0 Å². The molecule has 4 rings (SSSR count). The Kier molecular flexibility index (Phi) is 4.08. The number of thiophene rings is 1. The van der Waals surface area contributed by atoms with Gasteiger partial charge in [-0.3, -0.25) is 4.79 Å². The molecule has 0 bridgehead atoms. The van der Waals surface area contributed by atoms with Crippen LogP contribution >= 0.6 is 11.3 Å². The van der Waals surface area contributed by atoms with E-state index in [1.807, 2.05) is 24.3 Å². The lowest BCUT2D eigenvalue weighted by atomic mass is 9.97. The number of ether oxygens (including phenoxy) is 1. The molecule has 0 unspecified atom stereocenters. The Morgan fingerprint density at radius 3 is 2.79 bits per heavy atom. The fourth-order valence-corrected chi connectivity index (χ4v) is 4.44. The Morgan fingerprint density at radius 1 is 1.21 bits per heavy atom. The summed E-state index contributed by atoms with van der Waals surface area (Å²) in [6.07, 6.45) is 4.38. The normalized spacial score (nSPS) is 13.9. The minimum Gasteiger partial charge on any atom is -0.491 e. The summed E-state index contributed by atoms with van der Waals surface area (Å²) in [5.74, 6) is 1.27. The zero-order valence-corrected chi connectivity index (χ0v) is 14.0. The van der Waals surface area contributed by atoms with E-state index in [-0.39, 0.29) is 18.8 Å². The molecule has 2 N–H and O–H groups in total. The summed E-state index contributed by atoms with van der Waals surface area (Å²) in [7, 11) is 0. The van der Waals surface area contributed by atoms with Crippen molar-refractivity contribution in [1.29, 1.82) is 0 Å². The lowest BCUT2D eigenvalue weighted by Crippen LogP contribution is -2.11. The van der Waals surface area contributed by atoms with E-state index in [2.05, 4.69) is 9.97 Å². The van der Waals surface area contributed by atoms with Crippen LogP contribution in [0.4, 0.5) is 0 Å². The molecule has 24 heavy (non-hydrogen) atoms. The summed E-state index contributed by atoms with van der Waals surface area (Å²) in [5, 5.41) is 9.57. The van der Waals surface area contributed by atoms with Gasteiger partial charge in [-0.2, -0.15) is 0 Å². The Balaban J connectivity index is 1.73. The van der Waals surface area contributed by atoms with Crippen LogP contribution in [0.15, 0.2) is 29.1 Å². The second kappa shape index (κ2) is 6.37. The number of nitrogens with zero attached hydrogens (tertiary/aromatic N) is 1. The van der Waals surface area contributed by atoms with Crippen LogP contribution in [0.5, 0.6) is 5.75 Å². The number of H-pyrrole nitrogens is 1. The standard InChI is InChI=1S/C18H18N2O3S/c21-9-10-23-12-7-5-11(6-8-12)16-19-17(22)15-13-3-1-2-4-14(13)24-18(15)20-16/h5-8,21H,1-4,9-10H2,(H,19,20,22). The number of hydrogen-bond donors (Lipinski definition) is 2. The zero-order chi connectivity index (χ0) is 16.5. The van der Waals surface area contributed by atoms with Crippen LogP contribution < -0.4 is 10.3 Å². The average molecular weight is 342 g/mol. The predicted molar refractivity (Wildman–Crippen MR) is 94.9 cm³/mol. The SMILES string of the molecule is O=c1[nH]c(-c2ccc(OCCO)cc2)nc2sc3c(c12)CCCC3. The van der Waals surface area contributed by atoms with Gasteiger partial charge in [-0.25, -0.2) is 4.98 Å². The zero-order valence-electron chi connectivity index (χ0n) is 13.2. The first-order valence-electron chi connectivity index (χ1n) is 8.15. The number of aliphatic hydroxyl groups excluding tert-OH is 1. The van der Waals surface area contributed by atoms with E-state index in [1.54, 1.807) is 11.3 Å². The fourth-order valence-electron chi connectivity index (χ4n) is 3.17. The van der Waals surface area contributed by atoms with Crippen LogP contribution in [-0.2, 0) is 12.8 Å². The monoisotopic (exact) mass is 342 g/mol. The van der Waals surface area contributed by atoms with Crippen molar-refractivity contribution in [2.75, 3.05) is 13.2 Å². The van der Waals surface area contributed by atoms with Crippen LogP contribution in [0.25, 0.3) is 21.6 Å². The molecular weight excluding hydrogens is 324 g/mol.